The largest absolute Gasteiger partial charge is 0.480 e. The van der Waals surface area contributed by atoms with E-state index in [1.807, 2.05) is 0 Å². The van der Waals surface area contributed by atoms with Crippen molar-refractivity contribution in [3.63, 3.8) is 0 Å². The minimum atomic E-state index is -3.26. The fraction of sp³-hybridized carbons (Fsp3) is 0.700. The van der Waals surface area contributed by atoms with Gasteiger partial charge in [0.1, 0.15) is 6.54 Å². The van der Waals surface area contributed by atoms with Crippen LogP contribution in [0, 0.1) is 0 Å². The predicted octanol–water partition coefficient (Wildman–Crippen LogP) is -2.53. The molecule has 120 valence electrons. The Morgan fingerprint density at radius 1 is 1.05 bits per heavy atom. The molecular formula is C10H18N4O6S. The monoisotopic (exact) mass is 322 g/mol. The van der Waals surface area contributed by atoms with E-state index in [0.717, 1.165) is 6.26 Å². The molecule has 11 heteroatoms. The van der Waals surface area contributed by atoms with Crippen LogP contribution >= 0.6 is 0 Å². The van der Waals surface area contributed by atoms with E-state index in [9.17, 15) is 22.8 Å². The lowest BCUT2D eigenvalue weighted by molar-refractivity contribution is -0.137. The van der Waals surface area contributed by atoms with Crippen LogP contribution in [-0.4, -0.2) is 86.2 Å². The maximum Gasteiger partial charge on any atom is 0.322 e. The third kappa shape index (κ3) is 5.95. The van der Waals surface area contributed by atoms with Gasteiger partial charge < -0.3 is 20.6 Å². The Hall–Kier alpha value is -1.88. The fourth-order valence-electron chi connectivity index (χ4n) is 1.73. The Morgan fingerprint density at radius 3 is 2.10 bits per heavy atom. The van der Waals surface area contributed by atoms with Crippen LogP contribution in [-0.2, 0) is 19.6 Å². The SMILES string of the molecule is CS(=O)(=O)N1CCN(C(=O)NCC(=O)NCC(=O)O)CC1. The summed E-state index contributed by atoms with van der Waals surface area (Å²) in [7, 11) is -3.26. The van der Waals surface area contributed by atoms with E-state index < -0.39 is 34.5 Å². The van der Waals surface area contributed by atoms with Crippen molar-refractivity contribution >= 4 is 27.9 Å². The van der Waals surface area contributed by atoms with Crippen molar-refractivity contribution in [3.8, 4) is 0 Å². The second-order valence-corrected chi connectivity index (χ2v) is 6.46. The number of nitrogens with zero attached hydrogens (tertiary/aromatic N) is 2. The van der Waals surface area contributed by atoms with Crippen molar-refractivity contribution in [2.24, 2.45) is 0 Å². The molecule has 0 atom stereocenters. The van der Waals surface area contributed by atoms with E-state index in [1.165, 1.54) is 9.21 Å². The topological polar surface area (TPSA) is 136 Å². The van der Waals surface area contributed by atoms with Crippen molar-refractivity contribution in [1.82, 2.24) is 19.8 Å². The molecule has 10 nitrogen and oxygen atoms in total. The average molecular weight is 322 g/mol. The van der Waals surface area contributed by atoms with Crippen molar-refractivity contribution in [1.29, 1.82) is 0 Å². The van der Waals surface area contributed by atoms with Crippen LogP contribution < -0.4 is 10.6 Å². The van der Waals surface area contributed by atoms with Gasteiger partial charge in [0.15, 0.2) is 0 Å². The molecule has 1 saturated heterocycles. The number of rotatable bonds is 5. The van der Waals surface area contributed by atoms with Crippen molar-refractivity contribution in [3.05, 3.63) is 0 Å². The Labute approximate surface area is 122 Å². The second kappa shape index (κ2) is 7.22. The molecule has 0 spiro atoms. The minimum absolute atomic E-state index is 0.206. The van der Waals surface area contributed by atoms with Gasteiger partial charge in [-0.15, -0.1) is 0 Å². The van der Waals surface area contributed by atoms with Gasteiger partial charge in [-0.1, -0.05) is 0 Å². The van der Waals surface area contributed by atoms with E-state index >= 15 is 0 Å². The molecule has 1 aliphatic heterocycles. The molecule has 0 unspecified atom stereocenters. The normalized spacial score (nSPS) is 16.3. The number of amides is 3. The number of hydrogen-bond acceptors (Lipinski definition) is 5. The highest BCUT2D eigenvalue weighted by atomic mass is 32.2. The number of sulfonamides is 1. The van der Waals surface area contributed by atoms with Crippen molar-refractivity contribution in [2.75, 3.05) is 45.5 Å². The number of urea groups is 1. The van der Waals surface area contributed by atoms with Crippen LogP contribution in [0.5, 0.6) is 0 Å². The number of aliphatic carboxylic acids is 1. The number of carbonyl (C=O) groups is 3. The van der Waals surface area contributed by atoms with Gasteiger partial charge in [0, 0.05) is 26.2 Å². The van der Waals surface area contributed by atoms with E-state index in [0.29, 0.717) is 0 Å². The number of carboxylic acids is 1. The number of piperazine rings is 1. The summed E-state index contributed by atoms with van der Waals surface area (Å²) in [5.41, 5.74) is 0. The van der Waals surface area contributed by atoms with Gasteiger partial charge in [-0.05, 0) is 0 Å². The summed E-state index contributed by atoms with van der Waals surface area (Å²) >= 11 is 0. The first kappa shape index (κ1) is 17.2. The van der Waals surface area contributed by atoms with E-state index in [1.54, 1.807) is 0 Å². The molecule has 21 heavy (non-hydrogen) atoms. The highest BCUT2D eigenvalue weighted by Crippen LogP contribution is 2.05. The zero-order chi connectivity index (χ0) is 16.0. The maximum atomic E-state index is 11.7. The minimum Gasteiger partial charge on any atom is -0.480 e. The van der Waals surface area contributed by atoms with Gasteiger partial charge in [-0.2, -0.15) is 4.31 Å². The standard InChI is InChI=1S/C10H18N4O6S/c1-21(19,20)14-4-2-13(3-5-14)10(18)12-6-8(15)11-7-9(16)17/h2-7H2,1H3,(H,11,15)(H,12,18)(H,16,17). The first-order valence-electron chi connectivity index (χ1n) is 6.16. The van der Waals surface area contributed by atoms with Crippen molar-refractivity contribution < 1.29 is 27.9 Å². The second-order valence-electron chi connectivity index (χ2n) is 4.48. The van der Waals surface area contributed by atoms with Crippen LogP contribution in [0.4, 0.5) is 4.79 Å². The summed E-state index contributed by atoms with van der Waals surface area (Å²) < 4.78 is 23.9. The van der Waals surface area contributed by atoms with Crippen LogP contribution in [0.3, 0.4) is 0 Å². The van der Waals surface area contributed by atoms with Crippen LogP contribution in [0.1, 0.15) is 0 Å². The first-order chi connectivity index (χ1) is 9.70. The molecule has 1 heterocycles. The number of carbonyl (C=O) groups excluding carboxylic acids is 2. The van der Waals surface area contributed by atoms with E-state index in [4.69, 9.17) is 5.11 Å². The third-order valence-corrected chi connectivity index (χ3v) is 4.14. The molecule has 0 radical (unpaired) electrons. The van der Waals surface area contributed by atoms with Crippen molar-refractivity contribution in [2.45, 2.75) is 0 Å². The highest BCUT2D eigenvalue weighted by Gasteiger charge is 2.25. The molecule has 1 fully saturated rings. The molecule has 3 amide bonds. The molecule has 0 aromatic heterocycles. The predicted molar refractivity (Wildman–Crippen MR) is 72.0 cm³/mol. The molecule has 3 N–H and O–H groups in total. The van der Waals surface area contributed by atoms with Gasteiger partial charge in [0.2, 0.25) is 15.9 Å². The summed E-state index contributed by atoms with van der Waals surface area (Å²) in [5.74, 6) is -1.79. The van der Waals surface area contributed by atoms with Gasteiger partial charge in [-0.3, -0.25) is 9.59 Å². The first-order valence-corrected chi connectivity index (χ1v) is 8.01. The number of nitrogens with one attached hydrogen (secondary N) is 2. The van der Waals surface area contributed by atoms with Gasteiger partial charge in [0.05, 0.1) is 12.8 Å². The van der Waals surface area contributed by atoms with E-state index in [2.05, 4.69) is 10.6 Å². The third-order valence-electron chi connectivity index (χ3n) is 2.83. The van der Waals surface area contributed by atoms with Crippen LogP contribution in [0.25, 0.3) is 0 Å². The van der Waals surface area contributed by atoms with Crippen LogP contribution in [0.2, 0.25) is 0 Å². The van der Waals surface area contributed by atoms with Gasteiger partial charge in [-0.25, -0.2) is 13.2 Å². The molecule has 0 aliphatic carbocycles. The lowest BCUT2D eigenvalue weighted by Crippen LogP contribution is -2.54. The average Bonchev–Trinajstić information content (AvgIpc) is 2.41. The lowest BCUT2D eigenvalue weighted by Gasteiger charge is -2.33. The molecule has 0 aromatic rings. The number of hydrogen-bond donors (Lipinski definition) is 3. The summed E-state index contributed by atoms with van der Waals surface area (Å²) in [5, 5.41) is 12.8. The zero-order valence-electron chi connectivity index (χ0n) is 11.5. The molecule has 1 rings (SSSR count). The number of carboxylic acid groups (broad SMARTS) is 1. The van der Waals surface area contributed by atoms with E-state index in [-0.39, 0.29) is 32.7 Å². The van der Waals surface area contributed by atoms with Crippen LogP contribution in [0.15, 0.2) is 0 Å². The summed E-state index contributed by atoms with van der Waals surface area (Å²) in [6.07, 6.45) is 1.11. The Morgan fingerprint density at radius 2 is 1.62 bits per heavy atom. The zero-order valence-corrected chi connectivity index (χ0v) is 12.4. The molecule has 0 aromatic carbocycles. The molecular weight excluding hydrogens is 304 g/mol. The maximum absolute atomic E-state index is 11.7. The van der Waals surface area contributed by atoms with Gasteiger partial charge >= 0.3 is 12.0 Å². The quantitative estimate of drug-likeness (QED) is 0.511. The van der Waals surface area contributed by atoms with Gasteiger partial charge in [0.25, 0.3) is 0 Å². The fourth-order valence-corrected chi connectivity index (χ4v) is 2.55. The molecule has 0 bridgehead atoms. The summed E-state index contributed by atoms with van der Waals surface area (Å²) in [6.45, 7) is 0.0281. The summed E-state index contributed by atoms with van der Waals surface area (Å²) in [4.78, 5) is 34.6. The molecule has 0 saturated carbocycles. The Balaban J connectivity index is 2.31. The smallest absolute Gasteiger partial charge is 0.322 e. The lowest BCUT2D eigenvalue weighted by atomic mass is 10.4. The molecule has 1 aliphatic rings. The Kier molecular flexibility index (Phi) is 5.90. The Bertz CT molecular complexity index is 512. The summed E-state index contributed by atoms with van der Waals surface area (Å²) in [6, 6.07) is -0.492. The highest BCUT2D eigenvalue weighted by molar-refractivity contribution is 7.88.